The van der Waals surface area contributed by atoms with Crippen molar-refractivity contribution in [3.05, 3.63) is 56.9 Å². The van der Waals surface area contributed by atoms with Crippen LogP contribution in [-0.2, 0) is 11.8 Å². The van der Waals surface area contributed by atoms with Gasteiger partial charge < -0.3 is 15.2 Å². The molecule has 1 aromatic heterocycles. The predicted octanol–water partition coefficient (Wildman–Crippen LogP) is 4.14. The van der Waals surface area contributed by atoms with Crippen molar-refractivity contribution in [2.45, 2.75) is 33.2 Å². The molecule has 29 heavy (non-hydrogen) atoms. The van der Waals surface area contributed by atoms with Gasteiger partial charge in [-0.25, -0.2) is 9.24 Å². The van der Waals surface area contributed by atoms with Crippen LogP contribution in [0.15, 0.2) is 22.8 Å². The highest BCUT2D eigenvalue weighted by atomic mass is 79.9. The molecule has 0 saturated heterocycles. The summed E-state index contributed by atoms with van der Waals surface area (Å²) in [5, 5.41) is 5.19. The van der Waals surface area contributed by atoms with Gasteiger partial charge >= 0.3 is 0 Å². The van der Waals surface area contributed by atoms with Crippen LogP contribution in [0.5, 0.6) is 0 Å². The van der Waals surface area contributed by atoms with Gasteiger partial charge in [0.25, 0.3) is 17.6 Å². The Balaban J connectivity index is 2.39. The second-order valence-electron chi connectivity index (χ2n) is 7.46. The van der Waals surface area contributed by atoms with Crippen LogP contribution in [0.2, 0.25) is 0 Å². The molecular weight excluding hydrogens is 443 g/mol. The first kappa shape index (κ1) is 22.3. The Kier molecular flexibility index (Phi) is 6.28. The van der Waals surface area contributed by atoms with E-state index in [4.69, 9.17) is 6.57 Å². The summed E-state index contributed by atoms with van der Waals surface area (Å²) >= 11 is 3.29. The van der Waals surface area contributed by atoms with E-state index in [-0.39, 0.29) is 22.6 Å². The molecule has 2 rings (SSSR count). The summed E-state index contributed by atoms with van der Waals surface area (Å²) in [5.74, 6) is -2.80. The summed E-state index contributed by atoms with van der Waals surface area (Å²) in [7, 11) is 1.56. The van der Waals surface area contributed by atoms with Gasteiger partial charge in [0.1, 0.15) is 5.82 Å². The molecule has 0 unspecified atom stereocenters. The van der Waals surface area contributed by atoms with Crippen molar-refractivity contribution in [2.75, 3.05) is 5.32 Å². The van der Waals surface area contributed by atoms with E-state index in [0.717, 1.165) is 6.07 Å². The van der Waals surface area contributed by atoms with E-state index < -0.39 is 29.0 Å². The molecule has 0 fully saturated rings. The Bertz CT molecular complexity index is 1060. The van der Waals surface area contributed by atoms with Gasteiger partial charge in [0.05, 0.1) is 22.4 Å². The fourth-order valence-corrected chi connectivity index (χ4v) is 3.41. The van der Waals surface area contributed by atoms with Crippen LogP contribution >= 0.6 is 15.9 Å². The predicted molar refractivity (Wildman–Crippen MR) is 111 cm³/mol. The number of hydrogen-bond acceptors (Lipinski definition) is 3. The number of Topliss-reactive ketones (excluding diaryl/α,β-unsaturated/α-hetero) is 1. The fraction of sp³-hybridized carbons (Fsp3) is 0.300. The molecule has 7 nitrogen and oxygen atoms in total. The Morgan fingerprint density at radius 1 is 1.24 bits per heavy atom. The van der Waals surface area contributed by atoms with E-state index in [1.54, 1.807) is 34.7 Å². The number of halogens is 2. The number of benzene rings is 1. The molecule has 0 aliphatic rings. The highest BCUT2D eigenvalue weighted by Gasteiger charge is 2.30. The zero-order valence-electron chi connectivity index (χ0n) is 16.6. The molecule has 0 aliphatic carbocycles. The molecule has 2 aromatic rings. The minimum atomic E-state index is -0.777. The maximum Gasteiger partial charge on any atom is 0.294 e. The van der Waals surface area contributed by atoms with Crippen molar-refractivity contribution in [3.8, 4) is 0 Å². The number of carbonyl (C=O) groups is 3. The minimum Gasteiger partial charge on any atom is -0.345 e. The van der Waals surface area contributed by atoms with E-state index >= 15 is 0 Å². The van der Waals surface area contributed by atoms with Crippen molar-refractivity contribution >= 4 is 44.9 Å². The average molecular weight is 463 g/mol. The Morgan fingerprint density at radius 3 is 2.41 bits per heavy atom. The minimum absolute atomic E-state index is 0.0738. The number of anilines is 1. The van der Waals surface area contributed by atoms with Gasteiger partial charge in [-0.2, -0.15) is 0 Å². The molecule has 2 amide bonds. The van der Waals surface area contributed by atoms with Crippen LogP contribution in [0.1, 0.15) is 47.2 Å². The molecular formula is C20H20BrFN4O3. The summed E-state index contributed by atoms with van der Waals surface area (Å²) < 4.78 is 15.2. The molecule has 0 spiro atoms. The largest absolute Gasteiger partial charge is 0.345 e. The molecule has 0 saturated carbocycles. The van der Waals surface area contributed by atoms with Crippen LogP contribution in [0.3, 0.4) is 0 Å². The standard InChI is InChI=1S/C20H20BrFN4O3/c1-10-14(18(28)24-11-7-8-12(22)13(9-11)23-5)17(21)26(6)15(10)16(27)19(29)25-20(2,3)4/h7-9H,1-4,6H3,(H,24,28)(H,25,29). The van der Waals surface area contributed by atoms with Crippen LogP contribution in [0.4, 0.5) is 15.8 Å². The highest BCUT2D eigenvalue weighted by Crippen LogP contribution is 2.29. The van der Waals surface area contributed by atoms with Crippen LogP contribution in [-0.4, -0.2) is 27.7 Å². The SMILES string of the molecule is [C-]#[N+]c1cc(NC(=O)c2c(C)c(C(=O)C(=O)NC(C)(C)C)n(C)c2Br)ccc1F. The second-order valence-corrected chi connectivity index (χ2v) is 8.21. The molecule has 1 aromatic carbocycles. The third-order valence-corrected chi connectivity index (χ3v) is 4.96. The Labute approximate surface area is 176 Å². The van der Waals surface area contributed by atoms with Gasteiger partial charge in [-0.3, -0.25) is 14.4 Å². The lowest BCUT2D eigenvalue weighted by atomic mass is 10.1. The maximum atomic E-state index is 13.5. The molecule has 0 aliphatic heterocycles. The lowest BCUT2D eigenvalue weighted by Gasteiger charge is -2.20. The van der Waals surface area contributed by atoms with Crippen molar-refractivity contribution < 1.29 is 18.8 Å². The van der Waals surface area contributed by atoms with E-state index in [1.165, 1.54) is 16.7 Å². The number of aromatic nitrogens is 1. The van der Waals surface area contributed by atoms with Crippen LogP contribution in [0.25, 0.3) is 4.85 Å². The topological polar surface area (TPSA) is 84.6 Å². The van der Waals surface area contributed by atoms with Gasteiger partial charge in [0.15, 0.2) is 0 Å². The number of nitrogens with zero attached hydrogens (tertiary/aromatic N) is 2. The molecule has 9 heteroatoms. The smallest absolute Gasteiger partial charge is 0.294 e. The number of nitrogens with one attached hydrogen (secondary N) is 2. The van der Waals surface area contributed by atoms with Gasteiger partial charge in [-0.15, -0.1) is 0 Å². The monoisotopic (exact) mass is 462 g/mol. The summed E-state index contributed by atoms with van der Waals surface area (Å²) in [5.41, 5.74) is -0.0274. The summed E-state index contributed by atoms with van der Waals surface area (Å²) in [6.07, 6.45) is 0. The maximum absolute atomic E-state index is 13.5. The van der Waals surface area contributed by atoms with E-state index in [1.807, 2.05) is 0 Å². The second kappa shape index (κ2) is 8.17. The van der Waals surface area contributed by atoms with Gasteiger partial charge in [-0.05, 0) is 67.4 Å². The number of ketones is 1. The zero-order valence-corrected chi connectivity index (χ0v) is 18.2. The molecule has 1 heterocycles. The first-order chi connectivity index (χ1) is 13.4. The van der Waals surface area contributed by atoms with Gasteiger partial charge in [0, 0.05) is 18.3 Å². The van der Waals surface area contributed by atoms with Crippen molar-refractivity contribution in [1.29, 1.82) is 0 Å². The zero-order chi connectivity index (χ0) is 22.1. The summed E-state index contributed by atoms with van der Waals surface area (Å²) in [6.45, 7) is 13.8. The van der Waals surface area contributed by atoms with Crippen LogP contribution in [0, 0.1) is 19.3 Å². The Morgan fingerprint density at radius 2 is 1.86 bits per heavy atom. The lowest BCUT2D eigenvalue weighted by Crippen LogP contribution is -2.44. The van der Waals surface area contributed by atoms with Gasteiger partial charge in [0.2, 0.25) is 5.69 Å². The van der Waals surface area contributed by atoms with Gasteiger partial charge in [-0.1, -0.05) is 0 Å². The van der Waals surface area contributed by atoms with Crippen molar-refractivity contribution in [2.24, 2.45) is 7.05 Å². The third-order valence-electron chi connectivity index (χ3n) is 4.03. The normalized spacial score (nSPS) is 11.0. The molecule has 0 atom stereocenters. The molecule has 2 N–H and O–H groups in total. The van der Waals surface area contributed by atoms with E-state index in [0.29, 0.717) is 10.2 Å². The summed E-state index contributed by atoms with van der Waals surface area (Å²) in [6, 6.07) is 3.63. The van der Waals surface area contributed by atoms with E-state index in [2.05, 4.69) is 31.4 Å². The number of rotatable bonds is 4. The van der Waals surface area contributed by atoms with E-state index in [9.17, 15) is 18.8 Å². The van der Waals surface area contributed by atoms with Crippen molar-refractivity contribution in [3.63, 3.8) is 0 Å². The summed E-state index contributed by atoms with van der Waals surface area (Å²) in [4.78, 5) is 40.8. The van der Waals surface area contributed by atoms with Crippen LogP contribution < -0.4 is 10.6 Å². The Hall–Kier alpha value is -2.99. The average Bonchev–Trinajstić information content (AvgIpc) is 2.83. The van der Waals surface area contributed by atoms with Crippen molar-refractivity contribution in [1.82, 2.24) is 9.88 Å². The quantitative estimate of drug-likeness (QED) is 0.406. The molecule has 152 valence electrons. The fourth-order valence-electron chi connectivity index (χ4n) is 2.75. The highest BCUT2D eigenvalue weighted by molar-refractivity contribution is 9.10. The first-order valence-corrected chi connectivity index (χ1v) is 9.36. The molecule has 0 bridgehead atoms. The number of hydrogen-bond donors (Lipinski definition) is 2. The molecule has 0 radical (unpaired) electrons. The number of carbonyl (C=O) groups excluding carboxylic acids is 3. The lowest BCUT2D eigenvalue weighted by molar-refractivity contribution is -0.118. The third kappa shape index (κ3) is 4.71. The first-order valence-electron chi connectivity index (χ1n) is 8.57. The number of amides is 2.